The minimum Gasteiger partial charge on any atom is -0.0613 e. The molecule has 0 aliphatic rings. The van der Waals surface area contributed by atoms with Crippen molar-refractivity contribution in [2.75, 3.05) is 0 Å². The standard InChI is InChI=1S/C11H17S/c1-5-9-6-7-12-10(8-9)11(2,3)4/h6-8H,5H2,1-4H3/q+1. The predicted molar refractivity (Wildman–Crippen MR) is 56.8 cm³/mol. The number of rotatable bonds is 1. The maximum absolute atomic E-state index is 2.32. The van der Waals surface area contributed by atoms with Crippen molar-refractivity contribution in [3.8, 4) is 0 Å². The quantitative estimate of drug-likeness (QED) is 0.577. The summed E-state index contributed by atoms with van der Waals surface area (Å²) < 4.78 is 0. The van der Waals surface area contributed by atoms with E-state index in [1.165, 1.54) is 10.4 Å². The van der Waals surface area contributed by atoms with Crippen LogP contribution in [0.2, 0.25) is 0 Å². The van der Waals surface area contributed by atoms with Crippen LogP contribution >= 0.6 is 11.3 Å². The summed E-state index contributed by atoms with van der Waals surface area (Å²) in [5, 5.41) is 2.19. The van der Waals surface area contributed by atoms with E-state index in [1.54, 1.807) is 0 Å². The van der Waals surface area contributed by atoms with E-state index in [-0.39, 0.29) is 0 Å². The van der Waals surface area contributed by atoms with Crippen molar-refractivity contribution in [1.82, 2.24) is 0 Å². The van der Waals surface area contributed by atoms with E-state index < -0.39 is 0 Å². The fourth-order valence-corrected chi connectivity index (χ4v) is 2.02. The van der Waals surface area contributed by atoms with Crippen molar-refractivity contribution in [3.63, 3.8) is 0 Å². The minimum atomic E-state index is 0.301. The van der Waals surface area contributed by atoms with Gasteiger partial charge < -0.3 is 0 Å². The second kappa shape index (κ2) is 3.53. The lowest BCUT2D eigenvalue weighted by Gasteiger charge is -2.10. The van der Waals surface area contributed by atoms with Gasteiger partial charge in [-0.15, -0.1) is 0 Å². The molecule has 0 spiro atoms. The summed E-state index contributed by atoms with van der Waals surface area (Å²) in [6.07, 6.45) is 1.14. The van der Waals surface area contributed by atoms with Crippen LogP contribution in [0.5, 0.6) is 0 Å². The molecule has 0 saturated heterocycles. The third kappa shape index (κ3) is 2.28. The zero-order chi connectivity index (χ0) is 9.19. The molecule has 0 atom stereocenters. The summed E-state index contributed by atoms with van der Waals surface area (Å²) in [5.41, 5.74) is 1.74. The average Bonchev–Trinajstić information content (AvgIpc) is 2.03. The van der Waals surface area contributed by atoms with Gasteiger partial charge in [0.15, 0.2) is 5.38 Å². The third-order valence-electron chi connectivity index (χ3n) is 1.94. The van der Waals surface area contributed by atoms with Gasteiger partial charge in [0, 0.05) is 11.5 Å². The molecule has 1 aromatic rings. The first-order valence-corrected chi connectivity index (χ1v) is 5.33. The van der Waals surface area contributed by atoms with E-state index in [2.05, 4.69) is 45.2 Å². The van der Waals surface area contributed by atoms with Crippen molar-refractivity contribution < 1.29 is 0 Å². The zero-order valence-electron chi connectivity index (χ0n) is 8.35. The molecule has 12 heavy (non-hydrogen) atoms. The topological polar surface area (TPSA) is 0 Å². The first-order valence-electron chi connectivity index (χ1n) is 4.45. The highest BCUT2D eigenvalue weighted by molar-refractivity contribution is 7.09. The SMILES string of the molecule is CCc1cc[s+]c(C(C)(C)C)c1. The summed E-state index contributed by atoms with van der Waals surface area (Å²) >= 11 is 1.85. The van der Waals surface area contributed by atoms with Crippen molar-refractivity contribution >= 4 is 11.3 Å². The Balaban J connectivity index is 3.02. The van der Waals surface area contributed by atoms with Crippen molar-refractivity contribution in [3.05, 3.63) is 28.0 Å². The maximum atomic E-state index is 2.32. The second-order valence-corrected chi connectivity index (χ2v) is 5.06. The Labute approximate surface area is 79.3 Å². The molecule has 1 aromatic heterocycles. The van der Waals surface area contributed by atoms with Crippen LogP contribution in [-0.4, -0.2) is 0 Å². The molecule has 0 nitrogen and oxygen atoms in total. The molecule has 0 unspecified atom stereocenters. The Morgan fingerprint density at radius 1 is 1.33 bits per heavy atom. The summed E-state index contributed by atoms with van der Waals surface area (Å²) in [6, 6.07) is 4.53. The zero-order valence-corrected chi connectivity index (χ0v) is 9.16. The van der Waals surface area contributed by atoms with Crippen LogP contribution in [0.3, 0.4) is 0 Å². The van der Waals surface area contributed by atoms with Crippen LogP contribution < -0.4 is 0 Å². The molecule has 1 rings (SSSR count). The summed E-state index contributed by atoms with van der Waals surface area (Å²) in [4.78, 5) is 1.47. The summed E-state index contributed by atoms with van der Waals surface area (Å²) in [5.74, 6) is 0. The maximum Gasteiger partial charge on any atom is 0.215 e. The molecule has 0 radical (unpaired) electrons. The lowest BCUT2D eigenvalue weighted by molar-refractivity contribution is 0.602. The van der Waals surface area contributed by atoms with Crippen LogP contribution in [0, 0.1) is 0 Å². The Morgan fingerprint density at radius 2 is 2.00 bits per heavy atom. The Kier molecular flexibility index (Phi) is 2.84. The van der Waals surface area contributed by atoms with Crippen LogP contribution in [0.4, 0.5) is 0 Å². The van der Waals surface area contributed by atoms with Gasteiger partial charge in [-0.1, -0.05) is 27.7 Å². The fourth-order valence-electron chi connectivity index (χ4n) is 1.06. The number of hydrogen-bond donors (Lipinski definition) is 0. The predicted octanol–water partition coefficient (Wildman–Crippen LogP) is 3.89. The van der Waals surface area contributed by atoms with Gasteiger partial charge in [0.25, 0.3) is 0 Å². The van der Waals surface area contributed by atoms with Gasteiger partial charge in [-0.25, -0.2) is 0 Å². The van der Waals surface area contributed by atoms with Crippen molar-refractivity contribution in [1.29, 1.82) is 0 Å². The van der Waals surface area contributed by atoms with Gasteiger partial charge in [0.1, 0.15) is 0 Å². The molecule has 0 bridgehead atoms. The minimum absolute atomic E-state index is 0.301. The smallest absolute Gasteiger partial charge is 0.0613 e. The monoisotopic (exact) mass is 181 g/mol. The molecule has 1 heterocycles. The second-order valence-electron chi connectivity index (χ2n) is 4.11. The van der Waals surface area contributed by atoms with Gasteiger partial charge in [0.2, 0.25) is 16.2 Å². The molecule has 0 fully saturated rings. The van der Waals surface area contributed by atoms with E-state index >= 15 is 0 Å². The molecule has 1 heteroatoms. The van der Waals surface area contributed by atoms with Crippen molar-refractivity contribution in [2.45, 2.75) is 39.5 Å². The lowest BCUT2D eigenvalue weighted by Crippen LogP contribution is -2.09. The Bertz CT molecular complexity index is 258. The lowest BCUT2D eigenvalue weighted by atomic mass is 9.94. The molecule has 0 amide bonds. The normalized spacial score (nSPS) is 11.7. The molecule has 0 aliphatic carbocycles. The summed E-state index contributed by atoms with van der Waals surface area (Å²) in [6.45, 7) is 8.99. The average molecular weight is 181 g/mol. The van der Waals surface area contributed by atoms with E-state index in [0.717, 1.165) is 6.42 Å². The van der Waals surface area contributed by atoms with E-state index in [4.69, 9.17) is 0 Å². The van der Waals surface area contributed by atoms with E-state index in [1.807, 2.05) is 11.3 Å². The molecular formula is C11H17S+. The Morgan fingerprint density at radius 3 is 2.50 bits per heavy atom. The third-order valence-corrected chi connectivity index (χ3v) is 3.20. The van der Waals surface area contributed by atoms with Gasteiger partial charge in [-0.05, 0) is 18.1 Å². The van der Waals surface area contributed by atoms with Gasteiger partial charge in [0.05, 0.1) is 0 Å². The van der Waals surface area contributed by atoms with E-state index in [0.29, 0.717) is 5.41 Å². The van der Waals surface area contributed by atoms with Gasteiger partial charge in [-0.2, -0.15) is 0 Å². The largest absolute Gasteiger partial charge is 0.215 e. The number of aryl methyl sites for hydroxylation is 1. The van der Waals surface area contributed by atoms with Crippen LogP contribution in [-0.2, 0) is 11.8 Å². The molecular weight excluding hydrogens is 164 g/mol. The van der Waals surface area contributed by atoms with Crippen LogP contribution in [0.15, 0.2) is 17.5 Å². The van der Waals surface area contributed by atoms with E-state index in [9.17, 15) is 0 Å². The molecule has 0 saturated carbocycles. The first kappa shape index (κ1) is 9.66. The van der Waals surface area contributed by atoms with Crippen molar-refractivity contribution in [2.24, 2.45) is 0 Å². The van der Waals surface area contributed by atoms with Gasteiger partial charge >= 0.3 is 0 Å². The van der Waals surface area contributed by atoms with Gasteiger partial charge in [-0.3, -0.25) is 0 Å². The highest BCUT2D eigenvalue weighted by atomic mass is 32.1. The fraction of sp³-hybridized carbons (Fsp3) is 0.545. The Hall–Kier alpha value is -0.430. The van der Waals surface area contributed by atoms with Crippen LogP contribution in [0.1, 0.15) is 38.1 Å². The highest BCUT2D eigenvalue weighted by Crippen LogP contribution is 2.26. The van der Waals surface area contributed by atoms with Crippen LogP contribution in [0.25, 0.3) is 0 Å². The molecule has 0 aliphatic heterocycles. The molecule has 0 aromatic carbocycles. The summed E-state index contributed by atoms with van der Waals surface area (Å²) in [7, 11) is 0. The first-order chi connectivity index (χ1) is 5.54. The molecule has 0 N–H and O–H groups in total. The highest BCUT2D eigenvalue weighted by Gasteiger charge is 2.23. The molecule has 66 valence electrons. The number of hydrogen-bond acceptors (Lipinski definition) is 0.